The largest absolute Gasteiger partial charge is 0.370 e. The van der Waals surface area contributed by atoms with Crippen LogP contribution in [0.25, 0.3) is 0 Å². The van der Waals surface area contributed by atoms with Crippen LogP contribution in [0.2, 0.25) is 0 Å². The third kappa shape index (κ3) is 8.26. The summed E-state index contributed by atoms with van der Waals surface area (Å²) < 4.78 is 0. The van der Waals surface area contributed by atoms with E-state index < -0.39 is 0 Å². The van der Waals surface area contributed by atoms with Gasteiger partial charge in [0.2, 0.25) is 0 Å². The Morgan fingerprint density at radius 1 is 1.03 bits per heavy atom. The van der Waals surface area contributed by atoms with E-state index in [2.05, 4.69) is 88.1 Å². The fourth-order valence-corrected chi connectivity index (χ4v) is 4.47. The molecule has 0 bridgehead atoms. The number of para-hydroxylation sites is 2. The summed E-state index contributed by atoms with van der Waals surface area (Å²) >= 11 is 0. The summed E-state index contributed by atoms with van der Waals surface area (Å²) in [5.74, 6) is 0.841. The summed E-state index contributed by atoms with van der Waals surface area (Å²) in [7, 11) is 4.51. The second kappa shape index (κ2) is 14.4. The molecule has 4 atom stereocenters. The molecule has 0 amide bonds. The van der Waals surface area contributed by atoms with Gasteiger partial charge in [0.1, 0.15) is 0 Å². The molecule has 0 aliphatic carbocycles. The molecular weight excluding hydrogens is 366 g/mol. The third-order valence-corrected chi connectivity index (χ3v) is 6.90. The Labute approximate surface area is 187 Å². The van der Waals surface area contributed by atoms with Crippen molar-refractivity contribution in [3.05, 3.63) is 36.9 Å². The van der Waals surface area contributed by atoms with Gasteiger partial charge in [-0.2, -0.15) is 0 Å². The van der Waals surface area contributed by atoms with Gasteiger partial charge in [-0.25, -0.2) is 0 Å². The Hall–Kier alpha value is -1.61. The molecule has 1 rings (SSSR count). The predicted molar refractivity (Wildman–Crippen MR) is 136 cm³/mol. The van der Waals surface area contributed by atoms with Crippen molar-refractivity contribution >= 4 is 18.1 Å². The van der Waals surface area contributed by atoms with Crippen molar-refractivity contribution < 1.29 is 0 Å². The SMILES string of the molecule is C=CCCC(CC(C)N(C)c1ccccc1N=C)N(C)C(C)CC(CC)CCCC. The molecular formula is C27H47N3. The fraction of sp³-hybridized carbons (Fsp3) is 0.667. The van der Waals surface area contributed by atoms with Crippen LogP contribution in [-0.2, 0) is 0 Å². The first-order chi connectivity index (χ1) is 14.4. The summed E-state index contributed by atoms with van der Waals surface area (Å²) in [4.78, 5) is 9.22. The van der Waals surface area contributed by atoms with Crippen molar-refractivity contribution in [1.29, 1.82) is 0 Å². The van der Waals surface area contributed by atoms with Crippen LogP contribution in [0.4, 0.5) is 11.4 Å². The molecule has 0 spiro atoms. The van der Waals surface area contributed by atoms with Crippen LogP contribution in [0.15, 0.2) is 41.9 Å². The van der Waals surface area contributed by atoms with Gasteiger partial charge < -0.3 is 9.80 Å². The highest BCUT2D eigenvalue weighted by Crippen LogP contribution is 2.30. The lowest BCUT2D eigenvalue weighted by Crippen LogP contribution is -2.43. The minimum atomic E-state index is 0.416. The summed E-state index contributed by atoms with van der Waals surface area (Å²) in [5.41, 5.74) is 2.11. The van der Waals surface area contributed by atoms with E-state index in [1.807, 2.05) is 12.1 Å². The number of rotatable bonds is 16. The van der Waals surface area contributed by atoms with Gasteiger partial charge in [-0.05, 0) is 71.3 Å². The van der Waals surface area contributed by atoms with E-state index >= 15 is 0 Å². The maximum atomic E-state index is 4.22. The molecule has 0 N–H and O–H groups in total. The van der Waals surface area contributed by atoms with Crippen LogP contribution >= 0.6 is 0 Å². The van der Waals surface area contributed by atoms with Crippen molar-refractivity contribution in [2.24, 2.45) is 10.9 Å². The number of unbranched alkanes of at least 4 members (excludes halogenated alkanes) is 1. The smallest absolute Gasteiger partial charge is 0.0855 e. The normalized spacial score (nSPS) is 15.4. The van der Waals surface area contributed by atoms with Crippen molar-refractivity contribution in [2.75, 3.05) is 19.0 Å². The minimum Gasteiger partial charge on any atom is -0.370 e. The second-order valence-electron chi connectivity index (χ2n) is 9.03. The molecule has 30 heavy (non-hydrogen) atoms. The summed E-state index contributed by atoms with van der Waals surface area (Å²) in [6.07, 6.45) is 12.0. The fourth-order valence-electron chi connectivity index (χ4n) is 4.47. The van der Waals surface area contributed by atoms with Gasteiger partial charge in [0.15, 0.2) is 0 Å². The van der Waals surface area contributed by atoms with Gasteiger partial charge >= 0.3 is 0 Å². The van der Waals surface area contributed by atoms with E-state index in [0.717, 1.165) is 36.6 Å². The zero-order chi connectivity index (χ0) is 22.5. The van der Waals surface area contributed by atoms with E-state index in [1.54, 1.807) is 0 Å². The van der Waals surface area contributed by atoms with Gasteiger partial charge in [0.05, 0.1) is 11.4 Å². The Bertz CT molecular complexity index is 612. The average molecular weight is 414 g/mol. The van der Waals surface area contributed by atoms with E-state index in [0.29, 0.717) is 18.1 Å². The van der Waals surface area contributed by atoms with Gasteiger partial charge in [-0.1, -0.05) is 57.7 Å². The quantitative estimate of drug-likeness (QED) is 0.206. The maximum absolute atomic E-state index is 4.22. The molecule has 0 aromatic heterocycles. The average Bonchev–Trinajstić information content (AvgIpc) is 2.77. The minimum absolute atomic E-state index is 0.416. The monoisotopic (exact) mass is 413 g/mol. The molecule has 4 unspecified atom stereocenters. The van der Waals surface area contributed by atoms with Gasteiger partial charge in [-0.3, -0.25) is 4.99 Å². The van der Waals surface area contributed by atoms with Crippen LogP contribution in [-0.4, -0.2) is 43.8 Å². The Kier molecular flexibility index (Phi) is 12.7. The number of allylic oxidation sites excluding steroid dienone is 1. The molecule has 170 valence electrons. The highest BCUT2D eigenvalue weighted by molar-refractivity contribution is 5.68. The van der Waals surface area contributed by atoms with Crippen molar-refractivity contribution in [3.8, 4) is 0 Å². The first kappa shape index (κ1) is 26.4. The molecule has 1 aromatic carbocycles. The predicted octanol–water partition coefficient (Wildman–Crippen LogP) is 7.50. The van der Waals surface area contributed by atoms with Crippen LogP contribution in [0, 0.1) is 5.92 Å². The van der Waals surface area contributed by atoms with Gasteiger partial charge in [0, 0.05) is 25.2 Å². The molecule has 0 radical (unpaired) electrons. The molecule has 3 nitrogen and oxygen atoms in total. The van der Waals surface area contributed by atoms with Crippen molar-refractivity contribution in [3.63, 3.8) is 0 Å². The first-order valence-electron chi connectivity index (χ1n) is 12.0. The molecule has 0 saturated heterocycles. The number of aliphatic imine (C=N–C) groups is 1. The van der Waals surface area contributed by atoms with Crippen molar-refractivity contribution in [1.82, 2.24) is 4.90 Å². The molecule has 0 fully saturated rings. The summed E-state index contributed by atoms with van der Waals surface area (Å²) in [6.45, 7) is 17.1. The van der Waals surface area contributed by atoms with E-state index in [1.165, 1.54) is 32.1 Å². The molecule has 0 saturated carbocycles. The number of nitrogens with zero attached hydrogens (tertiary/aromatic N) is 3. The van der Waals surface area contributed by atoms with Crippen LogP contribution in [0.1, 0.15) is 79.1 Å². The van der Waals surface area contributed by atoms with E-state index in [9.17, 15) is 0 Å². The van der Waals surface area contributed by atoms with E-state index in [-0.39, 0.29) is 0 Å². The number of benzene rings is 1. The Morgan fingerprint density at radius 2 is 1.73 bits per heavy atom. The molecule has 3 heteroatoms. The maximum Gasteiger partial charge on any atom is 0.0855 e. The van der Waals surface area contributed by atoms with Gasteiger partial charge in [-0.15, -0.1) is 6.58 Å². The summed E-state index contributed by atoms with van der Waals surface area (Å²) in [5, 5.41) is 0. The number of hydrogen-bond donors (Lipinski definition) is 0. The van der Waals surface area contributed by atoms with Crippen LogP contribution in [0.3, 0.4) is 0 Å². The number of anilines is 1. The summed E-state index contributed by atoms with van der Waals surface area (Å²) in [6, 6.07) is 9.85. The number of hydrogen-bond acceptors (Lipinski definition) is 3. The lowest BCUT2D eigenvalue weighted by atomic mass is 9.90. The third-order valence-electron chi connectivity index (χ3n) is 6.90. The molecule has 0 aliphatic heterocycles. The molecule has 0 aliphatic rings. The first-order valence-corrected chi connectivity index (χ1v) is 12.0. The molecule has 1 aromatic rings. The topological polar surface area (TPSA) is 18.8 Å². The zero-order valence-electron chi connectivity index (χ0n) is 20.6. The van der Waals surface area contributed by atoms with Crippen LogP contribution < -0.4 is 4.90 Å². The molecule has 0 heterocycles. The lowest BCUT2D eigenvalue weighted by molar-refractivity contribution is 0.137. The second-order valence-corrected chi connectivity index (χ2v) is 9.03. The van der Waals surface area contributed by atoms with Crippen molar-refractivity contribution in [2.45, 2.75) is 97.2 Å². The highest BCUT2D eigenvalue weighted by Gasteiger charge is 2.25. The highest BCUT2D eigenvalue weighted by atomic mass is 15.2. The Balaban J connectivity index is 2.86. The van der Waals surface area contributed by atoms with Crippen LogP contribution in [0.5, 0.6) is 0 Å². The van der Waals surface area contributed by atoms with E-state index in [4.69, 9.17) is 0 Å². The Morgan fingerprint density at radius 3 is 2.33 bits per heavy atom. The lowest BCUT2D eigenvalue weighted by Gasteiger charge is -2.38. The zero-order valence-corrected chi connectivity index (χ0v) is 20.6. The standard InChI is InChI=1S/C27H47N3/c1-9-12-16-24(11-3)20-22(4)29(7)25(17-13-10-2)21-23(5)30(8)27-19-15-14-18-26(27)28-6/h10,14-15,18-19,22-25H,2,6,9,11-13,16-17,20-21H2,1,3-5,7-8H3. The van der Waals surface area contributed by atoms with Gasteiger partial charge in [0.25, 0.3) is 0 Å².